The second-order valence-corrected chi connectivity index (χ2v) is 2.37. The molecule has 0 unspecified atom stereocenters. The molecular formula is C8H8F4O. The number of carbonyl (C=O) groups excluding carboxylic acids is 1. The van der Waals surface area contributed by atoms with Crippen LogP contribution in [0.2, 0.25) is 0 Å². The van der Waals surface area contributed by atoms with Gasteiger partial charge in [-0.1, -0.05) is 13.2 Å². The van der Waals surface area contributed by atoms with Crippen molar-refractivity contribution in [3.05, 3.63) is 25.3 Å². The van der Waals surface area contributed by atoms with E-state index in [0.717, 1.165) is 0 Å². The largest absolute Gasteiger partial charge is 0.303 e. The standard InChI is InChI=1S/C8H8F4O/c1-3-7(9,10)6(5-13)8(11,12)4-2/h3-6H,1-2H2. The third-order valence-electron chi connectivity index (χ3n) is 1.51. The van der Waals surface area contributed by atoms with Crippen molar-refractivity contribution in [3.8, 4) is 0 Å². The molecule has 13 heavy (non-hydrogen) atoms. The molecule has 0 heterocycles. The number of halogens is 4. The van der Waals surface area contributed by atoms with E-state index in [0.29, 0.717) is 0 Å². The molecule has 0 aromatic heterocycles. The Labute approximate surface area is 72.7 Å². The summed E-state index contributed by atoms with van der Waals surface area (Å²) in [7, 11) is 0. The number of rotatable bonds is 5. The first-order chi connectivity index (χ1) is 5.81. The molecule has 0 amide bonds. The Balaban J connectivity index is 5.01. The van der Waals surface area contributed by atoms with Gasteiger partial charge in [0.15, 0.2) is 0 Å². The Bertz CT molecular complexity index is 202. The van der Waals surface area contributed by atoms with Crippen LogP contribution in [0.1, 0.15) is 0 Å². The maximum atomic E-state index is 12.6. The van der Waals surface area contributed by atoms with Crippen molar-refractivity contribution < 1.29 is 22.4 Å². The fourth-order valence-electron chi connectivity index (χ4n) is 0.692. The summed E-state index contributed by atoms with van der Waals surface area (Å²) in [6, 6.07) is 0. The van der Waals surface area contributed by atoms with Crippen LogP contribution in [-0.2, 0) is 4.79 Å². The van der Waals surface area contributed by atoms with Gasteiger partial charge in [-0.05, 0) is 12.2 Å². The number of hydrogen-bond donors (Lipinski definition) is 0. The van der Waals surface area contributed by atoms with E-state index in [1.807, 2.05) is 0 Å². The van der Waals surface area contributed by atoms with E-state index in [4.69, 9.17) is 0 Å². The Hall–Kier alpha value is -1.13. The lowest BCUT2D eigenvalue weighted by Gasteiger charge is -2.24. The van der Waals surface area contributed by atoms with Crippen LogP contribution in [0.4, 0.5) is 17.6 Å². The highest BCUT2D eigenvalue weighted by Crippen LogP contribution is 2.37. The maximum absolute atomic E-state index is 12.6. The van der Waals surface area contributed by atoms with Crippen molar-refractivity contribution in [1.29, 1.82) is 0 Å². The quantitative estimate of drug-likeness (QED) is 0.375. The number of aldehydes is 1. The minimum absolute atomic E-state index is 0.0173. The van der Waals surface area contributed by atoms with Crippen LogP contribution in [-0.4, -0.2) is 18.1 Å². The minimum Gasteiger partial charge on any atom is -0.303 e. The van der Waals surface area contributed by atoms with E-state index in [9.17, 15) is 22.4 Å². The molecule has 74 valence electrons. The molecule has 0 aromatic rings. The summed E-state index contributed by atoms with van der Waals surface area (Å²) in [6.45, 7) is 5.34. The Morgan fingerprint density at radius 3 is 1.46 bits per heavy atom. The number of hydrogen-bond acceptors (Lipinski definition) is 1. The van der Waals surface area contributed by atoms with Gasteiger partial charge in [-0.15, -0.1) is 0 Å². The average molecular weight is 196 g/mol. The van der Waals surface area contributed by atoms with Gasteiger partial charge in [0.1, 0.15) is 12.2 Å². The molecular weight excluding hydrogens is 188 g/mol. The Morgan fingerprint density at radius 1 is 1.00 bits per heavy atom. The van der Waals surface area contributed by atoms with Gasteiger partial charge in [0.05, 0.1) is 0 Å². The summed E-state index contributed by atoms with van der Waals surface area (Å²) < 4.78 is 50.5. The zero-order valence-electron chi connectivity index (χ0n) is 6.64. The van der Waals surface area contributed by atoms with E-state index in [-0.39, 0.29) is 12.2 Å². The molecule has 0 saturated heterocycles. The van der Waals surface area contributed by atoms with Gasteiger partial charge in [-0.2, -0.15) is 0 Å². The maximum Gasteiger partial charge on any atom is 0.281 e. The lowest BCUT2D eigenvalue weighted by molar-refractivity contribution is -0.144. The molecule has 0 aliphatic rings. The molecule has 0 N–H and O–H groups in total. The highest BCUT2D eigenvalue weighted by Gasteiger charge is 2.51. The van der Waals surface area contributed by atoms with Gasteiger partial charge in [-0.25, -0.2) is 17.6 Å². The van der Waals surface area contributed by atoms with Crippen LogP contribution in [0.3, 0.4) is 0 Å². The highest BCUT2D eigenvalue weighted by molar-refractivity contribution is 5.58. The number of carbonyl (C=O) groups is 1. The molecule has 0 saturated carbocycles. The summed E-state index contributed by atoms with van der Waals surface area (Å²) >= 11 is 0. The zero-order chi connectivity index (χ0) is 10.7. The van der Waals surface area contributed by atoms with E-state index >= 15 is 0 Å². The first-order valence-electron chi connectivity index (χ1n) is 3.30. The van der Waals surface area contributed by atoms with Gasteiger partial charge in [-0.3, -0.25) is 0 Å². The third kappa shape index (κ3) is 2.40. The van der Waals surface area contributed by atoms with Crippen LogP contribution in [0, 0.1) is 5.92 Å². The zero-order valence-corrected chi connectivity index (χ0v) is 6.64. The predicted octanol–water partition coefficient (Wildman–Crippen LogP) is 2.44. The summed E-state index contributed by atoms with van der Waals surface area (Å²) in [6.07, 6.45) is -0.462. The van der Waals surface area contributed by atoms with Gasteiger partial charge in [0.2, 0.25) is 0 Å². The van der Waals surface area contributed by atoms with E-state index in [2.05, 4.69) is 13.2 Å². The Kier molecular flexibility index (Phi) is 3.40. The van der Waals surface area contributed by atoms with Gasteiger partial charge in [0.25, 0.3) is 11.8 Å². The first kappa shape index (κ1) is 11.9. The number of alkyl halides is 4. The van der Waals surface area contributed by atoms with Gasteiger partial charge >= 0.3 is 0 Å². The SMILES string of the molecule is C=CC(F)(F)C(C=O)C(F)(F)C=C. The van der Waals surface area contributed by atoms with Crippen molar-refractivity contribution in [1.82, 2.24) is 0 Å². The molecule has 0 spiro atoms. The monoisotopic (exact) mass is 196 g/mol. The van der Waals surface area contributed by atoms with E-state index in [1.54, 1.807) is 0 Å². The average Bonchev–Trinajstić information content (AvgIpc) is 2.05. The molecule has 0 radical (unpaired) electrons. The van der Waals surface area contributed by atoms with Crippen molar-refractivity contribution in [3.63, 3.8) is 0 Å². The second-order valence-electron chi connectivity index (χ2n) is 2.37. The molecule has 1 nitrogen and oxygen atoms in total. The molecule has 0 bridgehead atoms. The van der Waals surface area contributed by atoms with E-state index in [1.165, 1.54) is 0 Å². The van der Waals surface area contributed by atoms with Crippen LogP contribution in [0.25, 0.3) is 0 Å². The second kappa shape index (κ2) is 3.72. The van der Waals surface area contributed by atoms with Crippen LogP contribution < -0.4 is 0 Å². The summed E-state index contributed by atoms with van der Waals surface area (Å²) in [5.41, 5.74) is 0. The van der Waals surface area contributed by atoms with Crippen molar-refractivity contribution in [2.45, 2.75) is 11.8 Å². The first-order valence-corrected chi connectivity index (χ1v) is 3.30. The van der Waals surface area contributed by atoms with Crippen molar-refractivity contribution in [2.75, 3.05) is 0 Å². The van der Waals surface area contributed by atoms with Crippen LogP contribution in [0.15, 0.2) is 25.3 Å². The summed E-state index contributed by atoms with van der Waals surface area (Å²) in [5.74, 6) is -10.6. The topological polar surface area (TPSA) is 17.1 Å². The molecule has 5 heteroatoms. The predicted molar refractivity (Wildman–Crippen MR) is 39.8 cm³/mol. The van der Waals surface area contributed by atoms with Crippen LogP contribution >= 0.6 is 0 Å². The van der Waals surface area contributed by atoms with Crippen molar-refractivity contribution in [2.24, 2.45) is 5.92 Å². The van der Waals surface area contributed by atoms with Crippen LogP contribution in [0.5, 0.6) is 0 Å². The smallest absolute Gasteiger partial charge is 0.281 e. The van der Waals surface area contributed by atoms with Gasteiger partial charge in [0, 0.05) is 0 Å². The molecule has 0 rings (SSSR count). The fraction of sp³-hybridized carbons (Fsp3) is 0.375. The lowest BCUT2D eigenvalue weighted by Crippen LogP contribution is -2.40. The molecule has 0 atom stereocenters. The van der Waals surface area contributed by atoms with Crippen molar-refractivity contribution >= 4 is 6.29 Å². The van der Waals surface area contributed by atoms with E-state index < -0.39 is 24.0 Å². The molecule has 0 aromatic carbocycles. The Morgan fingerprint density at radius 2 is 1.31 bits per heavy atom. The molecule has 0 fully saturated rings. The summed E-state index contributed by atoms with van der Waals surface area (Å²) in [4.78, 5) is 10.1. The number of allylic oxidation sites excluding steroid dienone is 2. The minimum atomic E-state index is -3.93. The lowest BCUT2D eigenvalue weighted by atomic mass is 9.95. The highest BCUT2D eigenvalue weighted by atomic mass is 19.3. The third-order valence-corrected chi connectivity index (χ3v) is 1.51. The molecule has 0 aliphatic carbocycles. The fourth-order valence-corrected chi connectivity index (χ4v) is 0.692. The molecule has 0 aliphatic heterocycles. The van der Waals surface area contributed by atoms with Gasteiger partial charge < -0.3 is 4.79 Å². The summed E-state index contributed by atoms with van der Waals surface area (Å²) in [5, 5.41) is 0. The normalized spacial score (nSPS) is 12.7.